The van der Waals surface area contributed by atoms with Gasteiger partial charge in [0.05, 0.1) is 13.2 Å². The maximum atomic E-state index is 9.57. The monoisotopic (exact) mass is 240 g/mol. The smallest absolute Gasteiger partial charge is 0.219 e. The van der Waals surface area contributed by atoms with Crippen LogP contribution in [0.2, 0.25) is 0 Å². The minimum Gasteiger partial charge on any atom is -0.394 e. The van der Waals surface area contributed by atoms with Gasteiger partial charge in [-0.1, -0.05) is 0 Å². The molecule has 16 heavy (non-hydrogen) atoms. The highest BCUT2D eigenvalue weighted by Crippen LogP contribution is 2.29. The van der Waals surface area contributed by atoms with Gasteiger partial charge in [-0.3, -0.25) is 0 Å². The van der Waals surface area contributed by atoms with Crippen molar-refractivity contribution in [1.82, 2.24) is 0 Å². The van der Waals surface area contributed by atoms with Gasteiger partial charge in [0.2, 0.25) is 5.79 Å². The summed E-state index contributed by atoms with van der Waals surface area (Å²) in [5, 5.41) is 64.5. The van der Waals surface area contributed by atoms with Gasteiger partial charge in [-0.2, -0.15) is 0 Å². The highest BCUT2D eigenvalue weighted by atomic mass is 16.7. The largest absolute Gasteiger partial charge is 0.394 e. The van der Waals surface area contributed by atoms with E-state index in [1.165, 1.54) is 0 Å². The molecule has 1 saturated heterocycles. The molecule has 0 bridgehead atoms. The average molecular weight is 240 g/mol. The Bertz CT molecular complexity index is 234. The van der Waals surface area contributed by atoms with Crippen LogP contribution < -0.4 is 0 Å². The van der Waals surface area contributed by atoms with Crippen LogP contribution >= 0.6 is 0 Å². The van der Waals surface area contributed by atoms with E-state index in [4.69, 9.17) is 14.9 Å². The number of ether oxygens (including phenoxy) is 1. The lowest BCUT2D eigenvalue weighted by atomic mass is 9.90. The van der Waals surface area contributed by atoms with Gasteiger partial charge in [-0.25, -0.2) is 0 Å². The molecule has 96 valence electrons. The molecular formula is C8H16O8. The molecule has 1 aliphatic rings. The fourth-order valence-electron chi connectivity index (χ4n) is 1.56. The minimum atomic E-state index is -2.49. The average Bonchev–Trinajstić information content (AvgIpc) is 2.30. The van der Waals surface area contributed by atoms with Crippen molar-refractivity contribution >= 4 is 0 Å². The quantitative estimate of drug-likeness (QED) is 0.261. The maximum absolute atomic E-state index is 9.57. The summed E-state index contributed by atoms with van der Waals surface area (Å²) in [7, 11) is 0. The first-order chi connectivity index (χ1) is 7.37. The Hall–Kier alpha value is -0.320. The first-order valence-electron chi connectivity index (χ1n) is 4.71. The van der Waals surface area contributed by atoms with Crippen LogP contribution in [-0.4, -0.2) is 85.3 Å². The third-order valence-electron chi connectivity index (χ3n) is 2.61. The fraction of sp³-hybridized carbons (Fsp3) is 1.00. The first kappa shape index (κ1) is 13.7. The summed E-state index contributed by atoms with van der Waals surface area (Å²) in [6.07, 6.45) is -8.49. The summed E-state index contributed by atoms with van der Waals surface area (Å²) in [5.74, 6) is -2.49. The zero-order chi connectivity index (χ0) is 12.5. The Labute approximate surface area is 91.0 Å². The van der Waals surface area contributed by atoms with Crippen molar-refractivity contribution in [2.45, 2.75) is 36.3 Å². The van der Waals surface area contributed by atoms with Crippen LogP contribution in [0.15, 0.2) is 0 Å². The standard InChI is InChI=1S/C8H16O8/c9-1-3(11)6-4(12)5(13)7(14)8(15,2-10)16-6/h3-7,9-15H,1-2H2/t3-,4-,5-,6+,7-,8?/m0/s1. The number of hydrogen-bond donors (Lipinski definition) is 7. The second-order valence-electron chi connectivity index (χ2n) is 3.76. The van der Waals surface area contributed by atoms with Crippen LogP contribution in [0.4, 0.5) is 0 Å². The molecular weight excluding hydrogens is 224 g/mol. The van der Waals surface area contributed by atoms with Crippen LogP contribution in [0, 0.1) is 0 Å². The van der Waals surface area contributed by atoms with Crippen LogP contribution in [0.5, 0.6) is 0 Å². The second-order valence-corrected chi connectivity index (χ2v) is 3.76. The Kier molecular flexibility index (Phi) is 4.21. The third-order valence-corrected chi connectivity index (χ3v) is 2.61. The zero-order valence-corrected chi connectivity index (χ0v) is 8.34. The van der Waals surface area contributed by atoms with Crippen molar-refractivity contribution in [3.8, 4) is 0 Å². The number of rotatable bonds is 3. The van der Waals surface area contributed by atoms with Gasteiger partial charge in [0.1, 0.15) is 30.5 Å². The summed E-state index contributed by atoms with van der Waals surface area (Å²) >= 11 is 0. The zero-order valence-electron chi connectivity index (χ0n) is 8.34. The minimum absolute atomic E-state index is 0.772. The highest BCUT2D eigenvalue weighted by Gasteiger charge is 2.54. The second kappa shape index (κ2) is 4.90. The van der Waals surface area contributed by atoms with Crippen molar-refractivity contribution in [2.75, 3.05) is 13.2 Å². The summed E-state index contributed by atoms with van der Waals surface area (Å²) < 4.78 is 4.71. The third kappa shape index (κ3) is 2.19. The van der Waals surface area contributed by atoms with Gasteiger partial charge in [-0.05, 0) is 0 Å². The fourth-order valence-corrected chi connectivity index (χ4v) is 1.56. The molecule has 0 aromatic carbocycles. The molecule has 0 amide bonds. The van der Waals surface area contributed by atoms with Crippen molar-refractivity contribution < 1.29 is 40.5 Å². The lowest BCUT2D eigenvalue weighted by Crippen LogP contribution is -2.68. The highest BCUT2D eigenvalue weighted by molar-refractivity contribution is 4.97. The molecule has 8 heteroatoms. The Morgan fingerprint density at radius 2 is 1.69 bits per heavy atom. The molecule has 1 unspecified atom stereocenters. The van der Waals surface area contributed by atoms with E-state index in [1.807, 2.05) is 0 Å². The molecule has 1 fully saturated rings. The van der Waals surface area contributed by atoms with Gasteiger partial charge in [-0.15, -0.1) is 0 Å². The van der Waals surface area contributed by atoms with Crippen LogP contribution in [0.25, 0.3) is 0 Å². The van der Waals surface area contributed by atoms with Crippen molar-refractivity contribution in [3.05, 3.63) is 0 Å². The molecule has 0 aliphatic carbocycles. The van der Waals surface area contributed by atoms with Crippen molar-refractivity contribution in [3.63, 3.8) is 0 Å². The topological polar surface area (TPSA) is 151 Å². The van der Waals surface area contributed by atoms with Gasteiger partial charge in [0.15, 0.2) is 0 Å². The van der Waals surface area contributed by atoms with Crippen LogP contribution in [0.1, 0.15) is 0 Å². The van der Waals surface area contributed by atoms with Gasteiger partial charge < -0.3 is 40.5 Å². The molecule has 6 atom stereocenters. The van der Waals surface area contributed by atoms with Crippen LogP contribution in [-0.2, 0) is 4.74 Å². The van der Waals surface area contributed by atoms with E-state index >= 15 is 0 Å². The number of aliphatic hydroxyl groups excluding tert-OH is 6. The van der Waals surface area contributed by atoms with E-state index in [-0.39, 0.29) is 0 Å². The van der Waals surface area contributed by atoms with Crippen molar-refractivity contribution in [2.24, 2.45) is 0 Å². The molecule has 8 nitrogen and oxygen atoms in total. The SMILES string of the molecule is OC[C@H](O)[C@H]1OC(O)(CO)[C@@H](O)[C@@H](O)[C@@H]1O. The summed E-state index contributed by atoms with van der Waals surface area (Å²) in [4.78, 5) is 0. The van der Waals surface area contributed by atoms with Crippen molar-refractivity contribution in [1.29, 1.82) is 0 Å². The van der Waals surface area contributed by atoms with Crippen LogP contribution in [0.3, 0.4) is 0 Å². The van der Waals surface area contributed by atoms with E-state index in [0.29, 0.717) is 0 Å². The summed E-state index contributed by atoms with van der Waals surface area (Å²) in [6, 6.07) is 0. The van der Waals surface area contributed by atoms with Gasteiger partial charge in [0.25, 0.3) is 0 Å². The van der Waals surface area contributed by atoms with E-state index in [9.17, 15) is 25.5 Å². The molecule has 7 N–H and O–H groups in total. The molecule has 1 rings (SSSR count). The molecule has 0 spiro atoms. The van der Waals surface area contributed by atoms with E-state index < -0.39 is 49.5 Å². The molecule has 0 radical (unpaired) electrons. The van der Waals surface area contributed by atoms with E-state index in [0.717, 1.165) is 0 Å². The predicted molar refractivity (Wildman–Crippen MR) is 48.0 cm³/mol. The van der Waals surface area contributed by atoms with E-state index in [1.54, 1.807) is 0 Å². The van der Waals surface area contributed by atoms with Gasteiger partial charge in [0, 0.05) is 0 Å². The number of aliphatic hydroxyl groups is 7. The molecule has 0 aromatic heterocycles. The van der Waals surface area contributed by atoms with E-state index in [2.05, 4.69) is 0 Å². The Morgan fingerprint density at radius 3 is 2.12 bits per heavy atom. The molecule has 0 aromatic rings. The predicted octanol–water partition coefficient (Wildman–Crippen LogP) is -4.50. The molecule has 0 saturated carbocycles. The summed E-state index contributed by atoms with van der Waals surface area (Å²) in [5.41, 5.74) is 0. The summed E-state index contributed by atoms with van der Waals surface area (Å²) in [6.45, 7) is -1.81. The maximum Gasteiger partial charge on any atom is 0.219 e. The Balaban J connectivity index is 2.90. The molecule has 1 heterocycles. The van der Waals surface area contributed by atoms with Gasteiger partial charge >= 0.3 is 0 Å². The number of hydrogen-bond acceptors (Lipinski definition) is 8. The molecule has 1 aliphatic heterocycles. The first-order valence-corrected chi connectivity index (χ1v) is 4.71. The normalized spacial score (nSPS) is 46.7. The lowest BCUT2D eigenvalue weighted by molar-refractivity contribution is -0.365. The lowest BCUT2D eigenvalue weighted by Gasteiger charge is -2.45. The Morgan fingerprint density at radius 1 is 1.12 bits per heavy atom.